The second kappa shape index (κ2) is 6.48. The minimum Gasteiger partial charge on any atom is -0.495 e. The Labute approximate surface area is 131 Å². The maximum Gasteiger partial charge on any atom is 0.208 e. The molecule has 1 aromatic carbocycles. The molecule has 0 fully saturated rings. The molecule has 2 rings (SSSR count). The molecule has 106 valence electrons. The van der Waals surface area contributed by atoms with E-state index in [4.69, 9.17) is 32.7 Å². The third kappa shape index (κ3) is 2.92. The van der Waals surface area contributed by atoms with Crippen LogP contribution in [0.1, 0.15) is 22.2 Å². The Bertz CT molecular complexity index is 637. The summed E-state index contributed by atoms with van der Waals surface area (Å²) in [5.41, 5.74) is 0.334. The lowest BCUT2D eigenvalue weighted by Crippen LogP contribution is -2.03. The van der Waals surface area contributed by atoms with Crippen molar-refractivity contribution in [3.05, 3.63) is 44.1 Å². The maximum absolute atomic E-state index is 12.5. The summed E-state index contributed by atoms with van der Waals surface area (Å²) in [7, 11) is 1.52. The summed E-state index contributed by atoms with van der Waals surface area (Å²) in [6, 6.07) is 4.82. The normalized spacial score (nSPS) is 10.4. The number of hydrogen-bond donors (Lipinski definition) is 0. The fourth-order valence-corrected chi connectivity index (χ4v) is 2.98. The Morgan fingerprint density at radius 3 is 2.65 bits per heavy atom. The Morgan fingerprint density at radius 2 is 2.00 bits per heavy atom. The van der Waals surface area contributed by atoms with Gasteiger partial charge in [0.1, 0.15) is 16.4 Å². The lowest BCUT2D eigenvalue weighted by Gasteiger charge is -2.09. The SMILES string of the molecule is CCOc1cc(Cl)c(C(=O)c2sccc2OC)cc1Cl. The molecular formula is C14H12Cl2O3S. The van der Waals surface area contributed by atoms with Crippen molar-refractivity contribution in [2.24, 2.45) is 0 Å². The van der Waals surface area contributed by atoms with Gasteiger partial charge >= 0.3 is 0 Å². The largest absolute Gasteiger partial charge is 0.495 e. The van der Waals surface area contributed by atoms with Gasteiger partial charge in [-0.1, -0.05) is 23.2 Å². The molecule has 0 atom stereocenters. The predicted octanol–water partition coefficient (Wildman–Crippen LogP) is 4.69. The van der Waals surface area contributed by atoms with Crippen molar-refractivity contribution in [2.75, 3.05) is 13.7 Å². The topological polar surface area (TPSA) is 35.5 Å². The third-order valence-electron chi connectivity index (χ3n) is 2.62. The number of carbonyl (C=O) groups excluding carboxylic acids is 1. The third-order valence-corrected chi connectivity index (χ3v) is 4.12. The Kier molecular flexibility index (Phi) is 4.91. The number of carbonyl (C=O) groups is 1. The molecule has 3 nitrogen and oxygen atoms in total. The van der Waals surface area contributed by atoms with Gasteiger partial charge in [0.25, 0.3) is 0 Å². The number of rotatable bonds is 5. The smallest absolute Gasteiger partial charge is 0.208 e. The van der Waals surface area contributed by atoms with Crippen LogP contribution in [0.15, 0.2) is 23.6 Å². The molecule has 2 aromatic rings. The van der Waals surface area contributed by atoms with Crippen molar-refractivity contribution >= 4 is 40.3 Å². The first-order valence-corrected chi connectivity index (χ1v) is 7.50. The predicted molar refractivity (Wildman–Crippen MR) is 81.9 cm³/mol. The average Bonchev–Trinajstić information content (AvgIpc) is 2.90. The van der Waals surface area contributed by atoms with E-state index in [1.165, 1.54) is 24.5 Å². The highest BCUT2D eigenvalue weighted by molar-refractivity contribution is 7.12. The Hall–Kier alpha value is -1.23. The van der Waals surface area contributed by atoms with Gasteiger partial charge in [0.2, 0.25) is 5.78 Å². The van der Waals surface area contributed by atoms with E-state index in [1.54, 1.807) is 17.5 Å². The molecule has 0 N–H and O–H groups in total. The van der Waals surface area contributed by atoms with Crippen LogP contribution in [0.2, 0.25) is 10.0 Å². The Balaban J connectivity index is 2.43. The first-order chi connectivity index (χ1) is 9.58. The molecule has 0 saturated heterocycles. The van der Waals surface area contributed by atoms with Crippen LogP contribution in [-0.2, 0) is 0 Å². The van der Waals surface area contributed by atoms with Crippen molar-refractivity contribution < 1.29 is 14.3 Å². The van der Waals surface area contributed by atoms with Crippen LogP contribution in [0, 0.1) is 0 Å². The van der Waals surface area contributed by atoms with Crippen LogP contribution in [0.5, 0.6) is 11.5 Å². The summed E-state index contributed by atoms with van der Waals surface area (Å²) in [5.74, 6) is 0.779. The summed E-state index contributed by atoms with van der Waals surface area (Å²) in [4.78, 5) is 13.0. The number of hydrogen-bond acceptors (Lipinski definition) is 4. The van der Waals surface area contributed by atoms with Gasteiger partial charge in [-0.05, 0) is 24.4 Å². The van der Waals surface area contributed by atoms with Crippen molar-refractivity contribution in [2.45, 2.75) is 6.92 Å². The van der Waals surface area contributed by atoms with Crippen LogP contribution in [0.25, 0.3) is 0 Å². The molecule has 0 saturated carbocycles. The molecule has 0 aliphatic rings. The standard InChI is InChI=1S/C14H12Cl2O3S/c1-3-19-12-7-9(15)8(6-10(12)16)13(17)14-11(18-2)4-5-20-14/h4-7H,3H2,1-2H3. The maximum atomic E-state index is 12.5. The number of ketones is 1. The van der Waals surface area contributed by atoms with Gasteiger partial charge in [0.05, 0.1) is 23.8 Å². The molecule has 0 aliphatic heterocycles. The number of ether oxygens (including phenoxy) is 2. The summed E-state index contributed by atoms with van der Waals surface area (Å²) in [6.45, 7) is 2.32. The quantitative estimate of drug-likeness (QED) is 0.746. The lowest BCUT2D eigenvalue weighted by atomic mass is 10.1. The summed E-state index contributed by atoms with van der Waals surface area (Å²) in [5, 5.41) is 2.45. The van der Waals surface area contributed by atoms with Crippen LogP contribution in [0.4, 0.5) is 0 Å². The molecule has 1 heterocycles. The van der Waals surface area contributed by atoms with Gasteiger partial charge in [-0.25, -0.2) is 0 Å². The summed E-state index contributed by atoms with van der Waals surface area (Å²) in [6.07, 6.45) is 0. The van der Waals surface area contributed by atoms with E-state index in [-0.39, 0.29) is 5.78 Å². The molecule has 20 heavy (non-hydrogen) atoms. The molecule has 0 spiro atoms. The summed E-state index contributed by atoms with van der Waals surface area (Å²) < 4.78 is 10.5. The lowest BCUT2D eigenvalue weighted by molar-refractivity contribution is 0.104. The number of benzene rings is 1. The number of methoxy groups -OCH3 is 1. The van der Waals surface area contributed by atoms with Crippen molar-refractivity contribution in [3.63, 3.8) is 0 Å². The average molecular weight is 331 g/mol. The van der Waals surface area contributed by atoms with Gasteiger partial charge in [0, 0.05) is 11.6 Å². The molecule has 0 radical (unpaired) electrons. The molecule has 6 heteroatoms. The van der Waals surface area contributed by atoms with Crippen LogP contribution in [0.3, 0.4) is 0 Å². The second-order valence-electron chi connectivity index (χ2n) is 3.84. The minimum absolute atomic E-state index is 0.216. The molecule has 0 unspecified atom stereocenters. The second-order valence-corrected chi connectivity index (χ2v) is 5.57. The zero-order valence-electron chi connectivity index (χ0n) is 10.9. The Morgan fingerprint density at radius 1 is 1.25 bits per heavy atom. The molecular weight excluding hydrogens is 319 g/mol. The van der Waals surface area contributed by atoms with Gasteiger partial charge in [-0.2, -0.15) is 0 Å². The van der Waals surface area contributed by atoms with Crippen LogP contribution < -0.4 is 9.47 Å². The zero-order valence-corrected chi connectivity index (χ0v) is 13.2. The van der Waals surface area contributed by atoms with E-state index < -0.39 is 0 Å². The molecule has 0 amide bonds. The van der Waals surface area contributed by atoms with Gasteiger partial charge < -0.3 is 9.47 Å². The minimum atomic E-state index is -0.216. The molecule has 1 aromatic heterocycles. The zero-order chi connectivity index (χ0) is 14.7. The van der Waals surface area contributed by atoms with Crippen molar-refractivity contribution in [1.29, 1.82) is 0 Å². The number of thiophene rings is 1. The van der Waals surface area contributed by atoms with Crippen molar-refractivity contribution in [3.8, 4) is 11.5 Å². The fraction of sp³-hybridized carbons (Fsp3) is 0.214. The van der Waals surface area contributed by atoms with E-state index >= 15 is 0 Å². The van der Waals surface area contributed by atoms with Gasteiger partial charge in [-0.3, -0.25) is 4.79 Å². The van der Waals surface area contributed by atoms with E-state index in [2.05, 4.69) is 0 Å². The molecule has 0 bridgehead atoms. The fourth-order valence-electron chi connectivity index (χ4n) is 1.71. The highest BCUT2D eigenvalue weighted by Gasteiger charge is 2.20. The van der Waals surface area contributed by atoms with E-state index in [0.717, 1.165) is 0 Å². The molecule has 0 aliphatic carbocycles. The highest BCUT2D eigenvalue weighted by Crippen LogP contribution is 2.35. The van der Waals surface area contributed by atoms with E-state index in [0.29, 0.717) is 38.6 Å². The first-order valence-electron chi connectivity index (χ1n) is 5.86. The van der Waals surface area contributed by atoms with E-state index in [1.807, 2.05) is 6.92 Å². The van der Waals surface area contributed by atoms with Crippen LogP contribution >= 0.6 is 34.5 Å². The number of halogens is 2. The first kappa shape index (κ1) is 15.2. The van der Waals surface area contributed by atoms with Gasteiger partial charge in [0.15, 0.2) is 0 Å². The van der Waals surface area contributed by atoms with Crippen LogP contribution in [-0.4, -0.2) is 19.5 Å². The van der Waals surface area contributed by atoms with Gasteiger partial charge in [-0.15, -0.1) is 11.3 Å². The monoisotopic (exact) mass is 330 g/mol. The summed E-state index contributed by atoms with van der Waals surface area (Å²) >= 11 is 13.5. The van der Waals surface area contributed by atoms with E-state index in [9.17, 15) is 4.79 Å². The highest BCUT2D eigenvalue weighted by atomic mass is 35.5. The van der Waals surface area contributed by atoms with Crippen molar-refractivity contribution in [1.82, 2.24) is 0 Å².